The minimum Gasteiger partial charge on any atom is -0.446 e. The van der Waals surface area contributed by atoms with Gasteiger partial charge in [-0.2, -0.15) is 4.31 Å². The summed E-state index contributed by atoms with van der Waals surface area (Å²) in [6.45, 7) is 3.96. The number of aliphatic hydroxyl groups is 1. The standard InChI is InChI=1S/C30H43N3O5S/c1-21(2)19-33(39(36,37)25-15-13-24(31-3)14-16-25)20-28(34)27(18-22-8-5-4-6-9-22)32-30(35)38-29-17-12-23-10-7-11-26(23)29/h4-6,8-9,13-16,21,23,26-29,31,34H,7,10-12,17-20H2,1-3H3,(H,32,35)/t23-,26-,27+,28-,29+/m1/s1. The topological polar surface area (TPSA) is 108 Å². The Labute approximate surface area is 233 Å². The number of ether oxygens (including phenoxy) is 1. The third-order valence-electron chi connectivity index (χ3n) is 8.08. The van der Waals surface area contributed by atoms with Gasteiger partial charge in [-0.05, 0) is 73.3 Å². The number of hydrogen-bond donors (Lipinski definition) is 3. The molecule has 8 nitrogen and oxygen atoms in total. The summed E-state index contributed by atoms with van der Waals surface area (Å²) in [4.78, 5) is 13.2. The molecule has 2 fully saturated rings. The van der Waals surface area contributed by atoms with Crippen molar-refractivity contribution in [2.45, 2.75) is 75.5 Å². The van der Waals surface area contributed by atoms with E-state index in [1.165, 1.54) is 17.1 Å². The van der Waals surface area contributed by atoms with E-state index in [0.29, 0.717) is 18.3 Å². The van der Waals surface area contributed by atoms with Crippen LogP contribution < -0.4 is 10.6 Å². The van der Waals surface area contributed by atoms with E-state index in [1.54, 1.807) is 31.3 Å². The van der Waals surface area contributed by atoms with Crippen LogP contribution in [0.15, 0.2) is 59.5 Å². The fourth-order valence-electron chi connectivity index (χ4n) is 6.08. The smallest absolute Gasteiger partial charge is 0.407 e. The molecule has 0 radical (unpaired) electrons. The first-order valence-corrected chi connectivity index (χ1v) is 15.6. The van der Waals surface area contributed by atoms with Crippen molar-refractivity contribution in [2.75, 3.05) is 25.5 Å². The molecule has 2 aliphatic carbocycles. The van der Waals surface area contributed by atoms with E-state index in [-0.39, 0.29) is 30.0 Å². The van der Waals surface area contributed by atoms with Crippen molar-refractivity contribution in [3.05, 3.63) is 60.2 Å². The molecular formula is C30H43N3O5S. The second-order valence-electron chi connectivity index (χ2n) is 11.4. The van der Waals surface area contributed by atoms with Gasteiger partial charge in [-0.3, -0.25) is 0 Å². The van der Waals surface area contributed by atoms with Crippen molar-refractivity contribution in [3.8, 4) is 0 Å². The Balaban J connectivity index is 1.51. The summed E-state index contributed by atoms with van der Waals surface area (Å²) >= 11 is 0. The molecular weight excluding hydrogens is 514 g/mol. The molecule has 0 aliphatic heterocycles. The number of anilines is 1. The van der Waals surface area contributed by atoms with Crippen LogP contribution in [0.3, 0.4) is 0 Å². The Morgan fingerprint density at radius 3 is 2.41 bits per heavy atom. The highest BCUT2D eigenvalue weighted by Crippen LogP contribution is 2.45. The number of sulfonamides is 1. The molecule has 214 valence electrons. The zero-order chi connectivity index (χ0) is 28.0. The van der Waals surface area contributed by atoms with Crippen molar-refractivity contribution in [1.29, 1.82) is 0 Å². The maximum Gasteiger partial charge on any atom is 0.407 e. The largest absolute Gasteiger partial charge is 0.446 e. The van der Waals surface area contributed by atoms with Crippen LogP contribution in [0, 0.1) is 17.8 Å². The van der Waals surface area contributed by atoms with Crippen LogP contribution in [0.4, 0.5) is 10.5 Å². The molecule has 2 aromatic carbocycles. The van der Waals surface area contributed by atoms with Crippen LogP contribution in [0.2, 0.25) is 0 Å². The number of amides is 1. The number of carbonyl (C=O) groups is 1. The molecule has 0 bridgehead atoms. The number of fused-ring (bicyclic) bond motifs is 1. The average molecular weight is 558 g/mol. The van der Waals surface area contributed by atoms with Crippen LogP contribution in [0.5, 0.6) is 0 Å². The molecule has 3 N–H and O–H groups in total. The lowest BCUT2D eigenvalue weighted by molar-refractivity contribution is 0.0557. The average Bonchev–Trinajstić information content (AvgIpc) is 3.53. The Morgan fingerprint density at radius 1 is 1.03 bits per heavy atom. The van der Waals surface area contributed by atoms with Crippen molar-refractivity contribution < 1.29 is 23.1 Å². The van der Waals surface area contributed by atoms with Gasteiger partial charge in [0.05, 0.1) is 17.0 Å². The highest BCUT2D eigenvalue weighted by Gasteiger charge is 2.41. The molecule has 0 spiro atoms. The maximum atomic E-state index is 13.6. The predicted molar refractivity (Wildman–Crippen MR) is 153 cm³/mol. The number of hydrogen-bond acceptors (Lipinski definition) is 6. The Morgan fingerprint density at radius 2 is 1.74 bits per heavy atom. The highest BCUT2D eigenvalue weighted by molar-refractivity contribution is 7.89. The molecule has 0 unspecified atom stereocenters. The van der Waals surface area contributed by atoms with Crippen LogP contribution >= 0.6 is 0 Å². The van der Waals surface area contributed by atoms with Gasteiger partial charge in [0.15, 0.2) is 0 Å². The van der Waals surface area contributed by atoms with Gasteiger partial charge in [0.25, 0.3) is 0 Å². The number of rotatable bonds is 12. The van der Waals surface area contributed by atoms with Gasteiger partial charge in [0.1, 0.15) is 6.10 Å². The Hall–Kier alpha value is -2.62. The second-order valence-corrected chi connectivity index (χ2v) is 13.3. The summed E-state index contributed by atoms with van der Waals surface area (Å²) in [7, 11) is -2.11. The number of aliphatic hydroxyl groups excluding tert-OH is 1. The van der Waals surface area contributed by atoms with E-state index in [9.17, 15) is 18.3 Å². The van der Waals surface area contributed by atoms with Crippen LogP contribution in [-0.4, -0.2) is 62.3 Å². The van der Waals surface area contributed by atoms with Gasteiger partial charge < -0.3 is 20.5 Å². The van der Waals surface area contributed by atoms with Gasteiger partial charge in [-0.15, -0.1) is 0 Å². The quantitative estimate of drug-likeness (QED) is 0.351. The first-order valence-electron chi connectivity index (χ1n) is 14.1. The van der Waals surface area contributed by atoms with Crippen LogP contribution in [-0.2, 0) is 21.2 Å². The lowest BCUT2D eigenvalue weighted by Gasteiger charge is -2.31. The van der Waals surface area contributed by atoms with Crippen LogP contribution in [0.25, 0.3) is 0 Å². The molecule has 5 atom stereocenters. The molecule has 2 aromatic rings. The van der Waals surface area contributed by atoms with E-state index in [4.69, 9.17) is 4.74 Å². The summed E-state index contributed by atoms with van der Waals surface area (Å²) < 4.78 is 34.4. The Kier molecular flexibility index (Phi) is 9.91. The summed E-state index contributed by atoms with van der Waals surface area (Å²) in [5.74, 6) is 1.11. The van der Waals surface area contributed by atoms with Crippen molar-refractivity contribution in [3.63, 3.8) is 0 Å². The van der Waals surface area contributed by atoms with E-state index in [1.807, 2.05) is 44.2 Å². The SMILES string of the molecule is CNc1ccc(S(=O)(=O)N(CC(C)C)C[C@@H](O)[C@H](Cc2ccccc2)NC(=O)O[C@H]2CC[C@H]3CCC[C@H]32)cc1. The zero-order valence-electron chi connectivity index (χ0n) is 23.3. The third-order valence-corrected chi connectivity index (χ3v) is 9.93. The molecule has 9 heteroatoms. The monoisotopic (exact) mass is 557 g/mol. The fraction of sp³-hybridized carbons (Fsp3) is 0.567. The lowest BCUT2D eigenvalue weighted by atomic mass is 9.99. The molecule has 0 saturated heterocycles. The van der Waals surface area contributed by atoms with Gasteiger partial charge in [0.2, 0.25) is 10.0 Å². The molecule has 2 saturated carbocycles. The highest BCUT2D eigenvalue weighted by atomic mass is 32.2. The number of carbonyl (C=O) groups excluding carboxylic acids is 1. The number of nitrogens with one attached hydrogen (secondary N) is 2. The summed E-state index contributed by atoms with van der Waals surface area (Å²) in [5.41, 5.74) is 1.74. The van der Waals surface area contributed by atoms with E-state index in [2.05, 4.69) is 10.6 Å². The first-order chi connectivity index (χ1) is 18.7. The second kappa shape index (κ2) is 13.2. The van der Waals surface area contributed by atoms with E-state index < -0.39 is 28.3 Å². The van der Waals surface area contributed by atoms with E-state index >= 15 is 0 Å². The minimum absolute atomic E-state index is 0.0378. The molecule has 0 heterocycles. The lowest BCUT2D eigenvalue weighted by Crippen LogP contribution is -2.51. The Bertz CT molecular complexity index is 1170. The van der Waals surface area contributed by atoms with E-state index in [0.717, 1.165) is 30.5 Å². The summed E-state index contributed by atoms with van der Waals surface area (Å²) in [5, 5.41) is 17.3. The normalized spacial score (nSPS) is 22.5. The molecule has 0 aromatic heterocycles. The molecule has 2 aliphatic rings. The molecule has 4 rings (SSSR count). The molecule has 39 heavy (non-hydrogen) atoms. The fourth-order valence-corrected chi connectivity index (χ4v) is 7.70. The van der Waals surface area contributed by atoms with Crippen molar-refractivity contribution >= 4 is 21.8 Å². The number of alkyl carbamates (subject to hydrolysis) is 1. The summed E-state index contributed by atoms with van der Waals surface area (Å²) in [6, 6.07) is 15.4. The number of nitrogens with zero attached hydrogens (tertiary/aromatic N) is 1. The predicted octanol–water partition coefficient (Wildman–Crippen LogP) is 4.65. The van der Waals surface area contributed by atoms with Gasteiger partial charge >= 0.3 is 6.09 Å². The van der Waals surface area contributed by atoms with Crippen LogP contribution in [0.1, 0.15) is 51.5 Å². The minimum atomic E-state index is -3.88. The summed E-state index contributed by atoms with van der Waals surface area (Å²) in [6.07, 6.45) is 4.02. The van der Waals surface area contributed by atoms with Gasteiger partial charge in [-0.1, -0.05) is 57.0 Å². The van der Waals surface area contributed by atoms with Gasteiger partial charge in [-0.25, -0.2) is 13.2 Å². The van der Waals surface area contributed by atoms with Crippen molar-refractivity contribution in [1.82, 2.24) is 9.62 Å². The number of benzene rings is 2. The third kappa shape index (κ3) is 7.52. The first kappa shape index (κ1) is 29.4. The molecule has 1 amide bonds. The zero-order valence-corrected chi connectivity index (χ0v) is 24.1. The maximum absolute atomic E-state index is 13.6. The van der Waals surface area contributed by atoms with Crippen molar-refractivity contribution in [2.24, 2.45) is 17.8 Å². The van der Waals surface area contributed by atoms with Gasteiger partial charge in [0, 0.05) is 25.8 Å².